The van der Waals surface area contributed by atoms with Crippen molar-refractivity contribution in [2.45, 2.75) is 27.7 Å². The van der Waals surface area contributed by atoms with Crippen LogP contribution in [0.15, 0.2) is 46.3 Å². The van der Waals surface area contributed by atoms with E-state index in [2.05, 4.69) is 18.2 Å². The van der Waals surface area contributed by atoms with Gasteiger partial charge in [0.15, 0.2) is 5.17 Å². The number of rotatable bonds is 4. The first-order chi connectivity index (χ1) is 12.9. The summed E-state index contributed by atoms with van der Waals surface area (Å²) in [5, 5.41) is 0.730. The van der Waals surface area contributed by atoms with Crippen molar-refractivity contribution in [3.63, 3.8) is 0 Å². The normalized spacial score (nSPS) is 17.2. The summed E-state index contributed by atoms with van der Waals surface area (Å²) in [6.45, 7) is 8.66. The van der Waals surface area contributed by atoms with Gasteiger partial charge in [0, 0.05) is 6.54 Å². The van der Waals surface area contributed by atoms with Crippen LogP contribution in [0.4, 0.5) is 5.69 Å². The Morgan fingerprint density at radius 2 is 1.89 bits per heavy atom. The van der Waals surface area contributed by atoms with Gasteiger partial charge in [0.1, 0.15) is 5.75 Å². The van der Waals surface area contributed by atoms with Gasteiger partial charge in [-0.2, -0.15) is 0 Å². The molecule has 1 fully saturated rings. The van der Waals surface area contributed by atoms with Gasteiger partial charge in [-0.3, -0.25) is 9.69 Å². The van der Waals surface area contributed by atoms with Gasteiger partial charge >= 0.3 is 0 Å². The number of aliphatic imine (C=N–C) groups is 1. The van der Waals surface area contributed by atoms with Crippen LogP contribution in [0.25, 0.3) is 6.08 Å². The fourth-order valence-corrected chi connectivity index (χ4v) is 3.94. The third-order valence-electron chi connectivity index (χ3n) is 4.55. The summed E-state index contributed by atoms with van der Waals surface area (Å²) in [7, 11) is 1.65. The summed E-state index contributed by atoms with van der Waals surface area (Å²) in [5.74, 6) is 0.814. The van der Waals surface area contributed by atoms with Crippen molar-refractivity contribution < 1.29 is 9.53 Å². The Labute approximate surface area is 164 Å². The minimum atomic E-state index is 0.00164. The zero-order valence-corrected chi connectivity index (χ0v) is 17.2. The molecule has 1 saturated heterocycles. The maximum Gasteiger partial charge on any atom is 0.266 e. The van der Waals surface area contributed by atoms with Crippen molar-refractivity contribution in [3.8, 4) is 5.75 Å². The van der Waals surface area contributed by atoms with Gasteiger partial charge in [-0.05, 0) is 86.0 Å². The van der Waals surface area contributed by atoms with Crippen LogP contribution < -0.4 is 4.74 Å². The molecule has 2 aromatic carbocycles. The topological polar surface area (TPSA) is 41.9 Å². The molecule has 1 amide bonds. The second kappa shape index (κ2) is 8.01. The molecule has 0 saturated carbocycles. The molecule has 5 heteroatoms. The van der Waals surface area contributed by atoms with Gasteiger partial charge in [0.25, 0.3) is 5.91 Å². The fourth-order valence-electron chi connectivity index (χ4n) is 2.89. The van der Waals surface area contributed by atoms with Crippen LogP contribution in [0.5, 0.6) is 5.75 Å². The van der Waals surface area contributed by atoms with E-state index < -0.39 is 0 Å². The first kappa shape index (κ1) is 19.2. The van der Waals surface area contributed by atoms with Crippen LogP contribution in [0.3, 0.4) is 0 Å². The van der Waals surface area contributed by atoms with Gasteiger partial charge < -0.3 is 4.74 Å². The molecule has 0 radical (unpaired) electrons. The van der Waals surface area contributed by atoms with E-state index in [1.165, 1.54) is 11.8 Å². The largest absolute Gasteiger partial charge is 0.497 e. The second-order valence-electron chi connectivity index (χ2n) is 6.57. The number of methoxy groups -OCH3 is 1. The quantitative estimate of drug-likeness (QED) is 0.681. The van der Waals surface area contributed by atoms with Crippen molar-refractivity contribution in [3.05, 3.63) is 63.6 Å². The van der Waals surface area contributed by atoms with E-state index in [0.717, 1.165) is 38.9 Å². The van der Waals surface area contributed by atoms with Crippen LogP contribution >= 0.6 is 11.8 Å². The number of aryl methyl sites for hydroxylation is 3. The molecule has 1 aliphatic rings. The number of amidine groups is 1. The summed E-state index contributed by atoms with van der Waals surface area (Å²) in [6.07, 6.45) is 1.94. The number of hydrogen-bond donors (Lipinski definition) is 0. The highest BCUT2D eigenvalue weighted by atomic mass is 32.2. The number of carbonyl (C=O) groups excluding carboxylic acids is 1. The number of amides is 1. The van der Waals surface area contributed by atoms with E-state index in [1.54, 1.807) is 12.0 Å². The maximum atomic E-state index is 12.9. The molecule has 0 aromatic heterocycles. The van der Waals surface area contributed by atoms with Crippen molar-refractivity contribution in [1.29, 1.82) is 0 Å². The van der Waals surface area contributed by atoms with Crippen LogP contribution in [0.2, 0.25) is 0 Å². The molecular weight excluding hydrogens is 356 g/mol. The van der Waals surface area contributed by atoms with Gasteiger partial charge in [0.05, 0.1) is 17.7 Å². The molecule has 0 aliphatic carbocycles. The third kappa shape index (κ3) is 4.08. The standard InChI is InChI=1S/C22H24N2O2S/c1-6-24-21(25)20(13-17-9-10-18(26-5)12-16(17)4)27-22(24)23-19-11-14(2)7-8-15(19)3/h7-13H,6H2,1-5H3/b20-13+,23-22?. The van der Waals surface area contributed by atoms with E-state index >= 15 is 0 Å². The van der Waals surface area contributed by atoms with Crippen LogP contribution in [-0.4, -0.2) is 29.6 Å². The summed E-state index contributed by atoms with van der Waals surface area (Å²) in [5.41, 5.74) is 5.24. The van der Waals surface area contributed by atoms with Crippen molar-refractivity contribution >= 4 is 34.6 Å². The zero-order chi connectivity index (χ0) is 19.6. The number of hydrogen-bond acceptors (Lipinski definition) is 4. The molecule has 0 unspecified atom stereocenters. The van der Waals surface area contributed by atoms with E-state index in [-0.39, 0.29) is 5.91 Å². The molecule has 1 heterocycles. The molecule has 4 nitrogen and oxygen atoms in total. The predicted octanol–water partition coefficient (Wildman–Crippen LogP) is 5.24. The Morgan fingerprint density at radius 1 is 1.11 bits per heavy atom. The molecule has 0 bridgehead atoms. The first-order valence-electron chi connectivity index (χ1n) is 8.95. The average molecular weight is 381 g/mol. The lowest BCUT2D eigenvalue weighted by Crippen LogP contribution is -2.28. The molecule has 27 heavy (non-hydrogen) atoms. The number of nitrogens with zero attached hydrogens (tertiary/aromatic N) is 2. The minimum Gasteiger partial charge on any atom is -0.497 e. The molecule has 140 valence electrons. The lowest BCUT2D eigenvalue weighted by Gasteiger charge is -2.12. The van der Waals surface area contributed by atoms with E-state index in [4.69, 9.17) is 9.73 Å². The van der Waals surface area contributed by atoms with E-state index in [0.29, 0.717) is 11.4 Å². The molecular formula is C22H24N2O2S. The number of likely N-dealkylation sites (N-methyl/N-ethyl adjacent to an activating group) is 1. The molecule has 0 N–H and O–H groups in total. The van der Waals surface area contributed by atoms with Gasteiger partial charge in [-0.1, -0.05) is 18.2 Å². The Morgan fingerprint density at radius 3 is 2.56 bits per heavy atom. The molecule has 0 atom stereocenters. The van der Waals surface area contributed by atoms with Gasteiger partial charge in [-0.15, -0.1) is 0 Å². The van der Waals surface area contributed by atoms with Crippen molar-refractivity contribution in [2.24, 2.45) is 4.99 Å². The third-order valence-corrected chi connectivity index (χ3v) is 5.56. The fraction of sp³-hybridized carbons (Fsp3) is 0.273. The Kier molecular flexibility index (Phi) is 5.71. The monoisotopic (exact) mass is 380 g/mol. The number of ether oxygens (including phenoxy) is 1. The van der Waals surface area contributed by atoms with Crippen LogP contribution in [0, 0.1) is 20.8 Å². The summed E-state index contributed by atoms with van der Waals surface area (Å²) >= 11 is 1.43. The summed E-state index contributed by atoms with van der Waals surface area (Å²) in [4.78, 5) is 20.1. The van der Waals surface area contributed by atoms with E-state index in [1.807, 2.05) is 52.0 Å². The second-order valence-corrected chi connectivity index (χ2v) is 7.58. The minimum absolute atomic E-state index is 0.00164. The van der Waals surface area contributed by atoms with Crippen LogP contribution in [0.1, 0.15) is 29.2 Å². The van der Waals surface area contributed by atoms with Gasteiger partial charge in [0.2, 0.25) is 0 Å². The number of benzene rings is 2. The first-order valence-corrected chi connectivity index (χ1v) is 9.76. The summed E-state index contributed by atoms with van der Waals surface area (Å²) < 4.78 is 5.26. The summed E-state index contributed by atoms with van der Waals surface area (Å²) in [6, 6.07) is 12.0. The highest BCUT2D eigenvalue weighted by Gasteiger charge is 2.32. The molecule has 1 aliphatic heterocycles. The number of thioether (sulfide) groups is 1. The molecule has 2 aromatic rings. The Hall–Kier alpha value is -2.53. The highest BCUT2D eigenvalue weighted by Crippen LogP contribution is 2.35. The zero-order valence-electron chi connectivity index (χ0n) is 16.4. The van der Waals surface area contributed by atoms with Crippen molar-refractivity contribution in [2.75, 3.05) is 13.7 Å². The predicted molar refractivity (Wildman–Crippen MR) is 114 cm³/mol. The van der Waals surface area contributed by atoms with Crippen molar-refractivity contribution in [1.82, 2.24) is 4.90 Å². The Balaban J connectivity index is 1.97. The van der Waals surface area contributed by atoms with E-state index in [9.17, 15) is 4.79 Å². The lowest BCUT2D eigenvalue weighted by atomic mass is 10.1. The smallest absolute Gasteiger partial charge is 0.266 e. The Bertz CT molecular complexity index is 947. The SMILES string of the molecule is CCN1C(=O)/C(=C\c2ccc(OC)cc2C)SC1=Nc1cc(C)ccc1C. The van der Waals surface area contributed by atoms with Crippen LogP contribution in [-0.2, 0) is 4.79 Å². The maximum absolute atomic E-state index is 12.9. The molecule has 0 spiro atoms. The number of carbonyl (C=O) groups is 1. The lowest BCUT2D eigenvalue weighted by molar-refractivity contribution is -0.122. The molecule has 3 rings (SSSR count). The van der Waals surface area contributed by atoms with Gasteiger partial charge in [-0.25, -0.2) is 4.99 Å². The average Bonchev–Trinajstić information content (AvgIpc) is 2.94. The highest BCUT2D eigenvalue weighted by molar-refractivity contribution is 8.18.